The van der Waals surface area contributed by atoms with Crippen molar-refractivity contribution in [2.45, 2.75) is 52.5 Å². The monoisotopic (exact) mass is 227 g/mol. The van der Waals surface area contributed by atoms with Crippen LogP contribution in [0, 0.1) is 11.3 Å². The zero-order valence-corrected chi connectivity index (χ0v) is 10.2. The Balaban J connectivity index is 2.59. The van der Waals surface area contributed by atoms with Crippen molar-refractivity contribution in [3.05, 3.63) is 0 Å². The van der Waals surface area contributed by atoms with Crippen molar-refractivity contribution < 1.29 is 14.7 Å². The molecule has 16 heavy (non-hydrogen) atoms. The molecule has 0 radical (unpaired) electrons. The van der Waals surface area contributed by atoms with Gasteiger partial charge in [-0.15, -0.1) is 0 Å². The minimum Gasteiger partial charge on any atom is -0.480 e. The standard InChI is InChI=1S/C12H21NO3/c1-8(2)7-12(5-4-6-12)11(16)13-9(3)10(14)15/h8-9H,4-7H2,1-3H3,(H,13,16)(H,14,15)/t9-/m0/s1. The Bertz CT molecular complexity index is 282. The molecule has 1 atom stereocenters. The van der Waals surface area contributed by atoms with Crippen molar-refractivity contribution in [2.24, 2.45) is 11.3 Å². The lowest BCUT2D eigenvalue weighted by Gasteiger charge is -2.42. The van der Waals surface area contributed by atoms with Gasteiger partial charge in [-0.1, -0.05) is 20.3 Å². The summed E-state index contributed by atoms with van der Waals surface area (Å²) < 4.78 is 0. The van der Waals surface area contributed by atoms with Gasteiger partial charge < -0.3 is 10.4 Å². The molecule has 4 heteroatoms. The van der Waals surface area contributed by atoms with E-state index in [1.807, 2.05) is 0 Å². The fourth-order valence-corrected chi connectivity index (χ4v) is 2.32. The number of amides is 1. The van der Waals surface area contributed by atoms with Gasteiger partial charge in [-0.05, 0) is 32.1 Å². The van der Waals surface area contributed by atoms with Gasteiger partial charge in [0.15, 0.2) is 0 Å². The topological polar surface area (TPSA) is 66.4 Å². The van der Waals surface area contributed by atoms with Gasteiger partial charge in [0.2, 0.25) is 5.91 Å². The Kier molecular flexibility index (Phi) is 3.94. The van der Waals surface area contributed by atoms with Crippen molar-refractivity contribution in [2.75, 3.05) is 0 Å². The van der Waals surface area contributed by atoms with Crippen molar-refractivity contribution in [3.63, 3.8) is 0 Å². The first-order valence-corrected chi connectivity index (χ1v) is 5.91. The van der Waals surface area contributed by atoms with E-state index in [1.165, 1.54) is 6.92 Å². The molecule has 0 aliphatic heterocycles. The van der Waals surface area contributed by atoms with Crippen LogP contribution in [0.1, 0.15) is 46.5 Å². The van der Waals surface area contributed by atoms with Crippen LogP contribution >= 0.6 is 0 Å². The number of carboxylic acid groups (broad SMARTS) is 1. The number of nitrogens with one attached hydrogen (secondary N) is 1. The Morgan fingerprint density at radius 3 is 2.19 bits per heavy atom. The SMILES string of the molecule is CC(C)CC1(C(=O)N[C@@H](C)C(=O)O)CCC1. The molecular weight excluding hydrogens is 206 g/mol. The van der Waals surface area contributed by atoms with Crippen LogP contribution in [0.15, 0.2) is 0 Å². The van der Waals surface area contributed by atoms with Crippen LogP contribution in [0.3, 0.4) is 0 Å². The lowest BCUT2D eigenvalue weighted by atomic mass is 9.64. The largest absolute Gasteiger partial charge is 0.480 e. The summed E-state index contributed by atoms with van der Waals surface area (Å²) in [6.45, 7) is 5.68. The zero-order valence-electron chi connectivity index (χ0n) is 10.2. The molecule has 0 heterocycles. The van der Waals surface area contributed by atoms with E-state index >= 15 is 0 Å². The second kappa shape index (κ2) is 4.85. The molecule has 0 aromatic heterocycles. The van der Waals surface area contributed by atoms with E-state index < -0.39 is 12.0 Å². The zero-order chi connectivity index (χ0) is 12.3. The highest BCUT2D eigenvalue weighted by molar-refractivity contribution is 5.87. The summed E-state index contributed by atoms with van der Waals surface area (Å²) in [7, 11) is 0. The van der Waals surface area contributed by atoms with Crippen molar-refractivity contribution in [1.82, 2.24) is 5.32 Å². The van der Waals surface area contributed by atoms with E-state index in [9.17, 15) is 9.59 Å². The van der Waals surface area contributed by atoms with Crippen LogP contribution in [-0.4, -0.2) is 23.0 Å². The molecule has 1 rings (SSSR count). The lowest BCUT2D eigenvalue weighted by Crippen LogP contribution is -2.50. The second-order valence-electron chi connectivity index (χ2n) is 5.27. The number of hydrogen-bond donors (Lipinski definition) is 2. The summed E-state index contributed by atoms with van der Waals surface area (Å²) in [6.07, 6.45) is 3.71. The van der Waals surface area contributed by atoms with E-state index in [1.54, 1.807) is 0 Å². The van der Waals surface area contributed by atoms with Gasteiger partial charge in [-0.3, -0.25) is 9.59 Å². The molecule has 1 fully saturated rings. The van der Waals surface area contributed by atoms with Gasteiger partial charge in [-0.25, -0.2) is 0 Å². The Hall–Kier alpha value is -1.06. The molecule has 1 saturated carbocycles. The predicted molar refractivity (Wildman–Crippen MR) is 61.0 cm³/mol. The van der Waals surface area contributed by atoms with Crippen molar-refractivity contribution in [1.29, 1.82) is 0 Å². The smallest absolute Gasteiger partial charge is 0.325 e. The third kappa shape index (κ3) is 2.74. The molecule has 0 aromatic carbocycles. The van der Waals surface area contributed by atoms with Crippen LogP contribution in [0.5, 0.6) is 0 Å². The molecule has 4 nitrogen and oxygen atoms in total. The minimum atomic E-state index is -0.979. The van der Waals surface area contributed by atoms with Crippen LogP contribution in [0.25, 0.3) is 0 Å². The maximum absolute atomic E-state index is 12.0. The highest BCUT2D eigenvalue weighted by atomic mass is 16.4. The Morgan fingerprint density at radius 2 is 1.88 bits per heavy atom. The maximum atomic E-state index is 12.0. The quantitative estimate of drug-likeness (QED) is 0.752. The highest BCUT2D eigenvalue weighted by Gasteiger charge is 2.44. The molecule has 0 spiro atoms. The highest BCUT2D eigenvalue weighted by Crippen LogP contribution is 2.46. The Morgan fingerprint density at radius 1 is 1.31 bits per heavy atom. The van der Waals surface area contributed by atoms with Gasteiger partial charge >= 0.3 is 5.97 Å². The summed E-state index contributed by atoms with van der Waals surface area (Å²) in [5.74, 6) is -0.596. The molecule has 0 bridgehead atoms. The lowest BCUT2D eigenvalue weighted by molar-refractivity contribution is -0.146. The molecule has 0 unspecified atom stereocenters. The summed E-state index contributed by atoms with van der Waals surface area (Å²) in [6, 6.07) is -0.794. The molecule has 1 aliphatic rings. The average Bonchev–Trinajstić information content (AvgIpc) is 2.10. The maximum Gasteiger partial charge on any atom is 0.325 e. The molecule has 92 valence electrons. The predicted octanol–water partition coefficient (Wildman–Crippen LogP) is 1.79. The van der Waals surface area contributed by atoms with Crippen LogP contribution in [-0.2, 0) is 9.59 Å². The van der Waals surface area contributed by atoms with Gasteiger partial charge in [0.25, 0.3) is 0 Å². The summed E-state index contributed by atoms with van der Waals surface area (Å²) >= 11 is 0. The first-order valence-electron chi connectivity index (χ1n) is 5.91. The van der Waals surface area contributed by atoms with Gasteiger partial charge in [-0.2, -0.15) is 0 Å². The summed E-state index contributed by atoms with van der Waals surface area (Å²) in [4.78, 5) is 22.7. The molecule has 1 aliphatic carbocycles. The summed E-state index contributed by atoms with van der Waals surface area (Å²) in [5, 5.41) is 11.3. The third-order valence-corrected chi connectivity index (χ3v) is 3.31. The number of aliphatic carboxylic acids is 1. The molecule has 0 saturated heterocycles. The fourth-order valence-electron chi connectivity index (χ4n) is 2.32. The average molecular weight is 227 g/mol. The second-order valence-corrected chi connectivity index (χ2v) is 5.27. The van der Waals surface area contributed by atoms with Crippen LogP contribution < -0.4 is 5.32 Å². The van der Waals surface area contributed by atoms with E-state index in [0.717, 1.165) is 25.7 Å². The fraction of sp³-hybridized carbons (Fsp3) is 0.833. The van der Waals surface area contributed by atoms with Gasteiger partial charge in [0, 0.05) is 5.41 Å². The number of carbonyl (C=O) groups excluding carboxylic acids is 1. The van der Waals surface area contributed by atoms with E-state index in [2.05, 4.69) is 19.2 Å². The summed E-state index contributed by atoms with van der Waals surface area (Å²) in [5.41, 5.74) is -0.294. The number of carboxylic acids is 1. The molecular formula is C12H21NO3. The molecule has 1 amide bonds. The third-order valence-electron chi connectivity index (χ3n) is 3.31. The number of hydrogen-bond acceptors (Lipinski definition) is 2. The van der Waals surface area contributed by atoms with E-state index in [0.29, 0.717) is 5.92 Å². The van der Waals surface area contributed by atoms with Gasteiger partial charge in [0.05, 0.1) is 0 Å². The Labute approximate surface area is 96.4 Å². The van der Waals surface area contributed by atoms with Crippen molar-refractivity contribution >= 4 is 11.9 Å². The number of carbonyl (C=O) groups is 2. The van der Waals surface area contributed by atoms with Crippen LogP contribution in [0.4, 0.5) is 0 Å². The number of rotatable bonds is 5. The molecule has 2 N–H and O–H groups in total. The van der Waals surface area contributed by atoms with E-state index in [4.69, 9.17) is 5.11 Å². The van der Waals surface area contributed by atoms with E-state index in [-0.39, 0.29) is 11.3 Å². The minimum absolute atomic E-state index is 0.0812. The van der Waals surface area contributed by atoms with Crippen molar-refractivity contribution in [3.8, 4) is 0 Å². The van der Waals surface area contributed by atoms with Crippen LogP contribution in [0.2, 0.25) is 0 Å². The molecule has 0 aromatic rings. The normalized spacial score (nSPS) is 20.0. The first kappa shape index (κ1) is 13.0. The van der Waals surface area contributed by atoms with Gasteiger partial charge in [0.1, 0.15) is 6.04 Å². The first-order chi connectivity index (χ1) is 7.37.